The van der Waals surface area contributed by atoms with Crippen LogP contribution >= 0.6 is 0 Å². The predicted molar refractivity (Wildman–Crippen MR) is 74.1 cm³/mol. The lowest BCUT2D eigenvalue weighted by atomic mass is 9.93. The van der Waals surface area contributed by atoms with Gasteiger partial charge in [-0.3, -0.25) is 14.4 Å². The minimum atomic E-state index is -0.791. The van der Waals surface area contributed by atoms with E-state index >= 15 is 0 Å². The number of likely N-dealkylation sites (tertiary alicyclic amines) is 1. The lowest BCUT2D eigenvalue weighted by Gasteiger charge is -2.32. The molecule has 1 atom stereocenters. The number of amides is 2. The Bertz CT molecular complexity index is 357. The number of hydrogen-bond acceptors (Lipinski definition) is 3. The first kappa shape index (κ1) is 16.5. The van der Waals surface area contributed by atoms with Crippen LogP contribution in [0.3, 0.4) is 0 Å². The van der Waals surface area contributed by atoms with Gasteiger partial charge in [0.15, 0.2) is 0 Å². The smallest absolute Gasteiger partial charge is 0.303 e. The Morgan fingerprint density at radius 3 is 2.70 bits per heavy atom. The number of nitrogens with zero attached hydrogens (tertiary/aromatic N) is 1. The van der Waals surface area contributed by atoms with Crippen molar-refractivity contribution in [3.63, 3.8) is 0 Å². The minimum absolute atomic E-state index is 0.0461. The summed E-state index contributed by atoms with van der Waals surface area (Å²) < 4.78 is 0. The number of aliphatic carboxylic acids is 1. The van der Waals surface area contributed by atoms with Gasteiger partial charge in [-0.15, -0.1) is 0 Å². The third-order valence-electron chi connectivity index (χ3n) is 3.55. The highest BCUT2D eigenvalue weighted by Gasteiger charge is 2.23. The van der Waals surface area contributed by atoms with Gasteiger partial charge in [-0.1, -0.05) is 6.92 Å². The van der Waals surface area contributed by atoms with E-state index in [0.29, 0.717) is 25.9 Å². The van der Waals surface area contributed by atoms with E-state index < -0.39 is 5.97 Å². The first-order chi connectivity index (χ1) is 9.52. The van der Waals surface area contributed by atoms with Gasteiger partial charge in [-0.25, -0.2) is 0 Å². The van der Waals surface area contributed by atoms with Crippen LogP contribution in [0.5, 0.6) is 0 Å². The minimum Gasteiger partial charge on any atom is -0.481 e. The van der Waals surface area contributed by atoms with Crippen LogP contribution in [0, 0.1) is 5.92 Å². The zero-order valence-corrected chi connectivity index (χ0v) is 12.1. The van der Waals surface area contributed by atoms with Crippen LogP contribution in [0.2, 0.25) is 0 Å². The average Bonchev–Trinajstić information content (AvgIpc) is 2.43. The molecule has 0 aromatic heterocycles. The lowest BCUT2D eigenvalue weighted by Crippen LogP contribution is -2.45. The monoisotopic (exact) mass is 284 g/mol. The molecule has 2 N–H and O–H groups in total. The quantitative estimate of drug-likeness (QED) is 0.730. The molecule has 20 heavy (non-hydrogen) atoms. The van der Waals surface area contributed by atoms with Crippen LogP contribution in [-0.4, -0.2) is 47.4 Å². The van der Waals surface area contributed by atoms with E-state index in [1.807, 2.05) is 6.92 Å². The molecule has 0 aliphatic carbocycles. The summed E-state index contributed by atoms with van der Waals surface area (Å²) >= 11 is 0. The molecule has 0 aromatic rings. The molecule has 0 saturated carbocycles. The molecule has 1 rings (SSSR count). The Hall–Kier alpha value is -1.59. The predicted octanol–water partition coefficient (Wildman–Crippen LogP) is 1.01. The van der Waals surface area contributed by atoms with Crippen molar-refractivity contribution in [3.05, 3.63) is 0 Å². The largest absolute Gasteiger partial charge is 0.481 e. The van der Waals surface area contributed by atoms with Crippen LogP contribution in [-0.2, 0) is 14.4 Å². The zero-order chi connectivity index (χ0) is 15.0. The summed E-state index contributed by atoms with van der Waals surface area (Å²) in [7, 11) is 0. The van der Waals surface area contributed by atoms with Crippen LogP contribution in [0.1, 0.15) is 45.4 Å². The van der Waals surface area contributed by atoms with Gasteiger partial charge >= 0.3 is 5.97 Å². The van der Waals surface area contributed by atoms with Crippen molar-refractivity contribution in [3.8, 4) is 0 Å². The Balaban J connectivity index is 2.32. The lowest BCUT2D eigenvalue weighted by molar-refractivity contribution is -0.137. The van der Waals surface area contributed by atoms with Crippen molar-refractivity contribution in [1.82, 2.24) is 10.2 Å². The van der Waals surface area contributed by atoms with Gasteiger partial charge < -0.3 is 15.3 Å². The molecule has 1 aliphatic heterocycles. The molecule has 0 bridgehead atoms. The first-order valence-corrected chi connectivity index (χ1v) is 7.29. The summed E-state index contributed by atoms with van der Waals surface area (Å²) in [5.74, 6) is -0.704. The Morgan fingerprint density at radius 2 is 2.05 bits per heavy atom. The highest BCUT2D eigenvalue weighted by Crippen LogP contribution is 2.20. The molecule has 1 saturated heterocycles. The van der Waals surface area contributed by atoms with E-state index in [1.165, 1.54) is 0 Å². The molecule has 1 fully saturated rings. The number of hydrogen-bond donors (Lipinski definition) is 2. The van der Waals surface area contributed by atoms with Crippen molar-refractivity contribution >= 4 is 17.8 Å². The second-order valence-electron chi connectivity index (χ2n) is 5.31. The van der Waals surface area contributed by atoms with E-state index in [4.69, 9.17) is 5.11 Å². The van der Waals surface area contributed by atoms with Crippen molar-refractivity contribution < 1.29 is 19.5 Å². The fourth-order valence-electron chi connectivity index (χ4n) is 2.46. The molecular formula is C14H24N2O4. The number of rotatable bonds is 7. The van der Waals surface area contributed by atoms with Gasteiger partial charge in [0.25, 0.3) is 0 Å². The molecule has 6 heteroatoms. The number of nitrogens with one attached hydrogen (secondary N) is 1. The fourth-order valence-corrected chi connectivity index (χ4v) is 2.46. The maximum absolute atomic E-state index is 12.0. The average molecular weight is 284 g/mol. The molecule has 2 amide bonds. The van der Waals surface area contributed by atoms with Crippen molar-refractivity contribution in [2.75, 3.05) is 19.6 Å². The Morgan fingerprint density at radius 1 is 1.30 bits per heavy atom. The third-order valence-corrected chi connectivity index (χ3v) is 3.55. The summed E-state index contributed by atoms with van der Waals surface area (Å²) in [6, 6.07) is 0. The summed E-state index contributed by atoms with van der Waals surface area (Å²) in [5, 5.41) is 11.3. The van der Waals surface area contributed by atoms with E-state index in [0.717, 1.165) is 19.3 Å². The second-order valence-corrected chi connectivity index (χ2v) is 5.31. The summed E-state index contributed by atoms with van der Waals surface area (Å²) in [6.07, 6.45) is 3.84. The number of carbonyl (C=O) groups excluding carboxylic acids is 2. The molecule has 0 spiro atoms. The molecule has 0 aromatic carbocycles. The summed E-state index contributed by atoms with van der Waals surface area (Å²) in [6.45, 7) is 3.27. The second kappa shape index (κ2) is 8.55. The van der Waals surface area contributed by atoms with E-state index in [2.05, 4.69) is 5.32 Å². The number of carboxylic acids is 1. The highest BCUT2D eigenvalue weighted by atomic mass is 16.4. The van der Waals surface area contributed by atoms with Crippen LogP contribution < -0.4 is 5.32 Å². The Labute approximate surface area is 119 Å². The molecule has 1 heterocycles. The van der Waals surface area contributed by atoms with E-state index in [1.54, 1.807) is 4.90 Å². The standard InChI is InChI=1S/C14H24N2O4/c1-2-4-12(17)15-9-13(18)16-8-3-5-11(10-16)6-7-14(19)20/h11H,2-10H2,1H3,(H,15,17)(H,19,20). The SMILES string of the molecule is CCCC(=O)NCC(=O)N1CCCC(CCC(=O)O)C1. The Kier molecular flexibility index (Phi) is 7.04. The zero-order valence-electron chi connectivity index (χ0n) is 12.1. The van der Waals surface area contributed by atoms with Gasteiger partial charge in [-0.05, 0) is 31.6 Å². The van der Waals surface area contributed by atoms with Gasteiger partial charge in [0.05, 0.1) is 6.54 Å². The highest BCUT2D eigenvalue weighted by molar-refractivity contribution is 5.84. The van der Waals surface area contributed by atoms with Crippen LogP contribution in [0.15, 0.2) is 0 Å². The normalized spacial score (nSPS) is 18.6. The summed E-state index contributed by atoms with van der Waals surface area (Å²) in [5.41, 5.74) is 0. The molecule has 1 aliphatic rings. The van der Waals surface area contributed by atoms with Crippen molar-refractivity contribution in [1.29, 1.82) is 0 Å². The first-order valence-electron chi connectivity index (χ1n) is 7.29. The molecular weight excluding hydrogens is 260 g/mol. The molecule has 114 valence electrons. The van der Waals surface area contributed by atoms with Gasteiger partial charge in [0, 0.05) is 25.9 Å². The van der Waals surface area contributed by atoms with Gasteiger partial charge in [0.2, 0.25) is 11.8 Å². The van der Waals surface area contributed by atoms with E-state index in [9.17, 15) is 14.4 Å². The molecule has 0 radical (unpaired) electrons. The molecule has 6 nitrogen and oxygen atoms in total. The molecule has 1 unspecified atom stereocenters. The van der Waals surface area contributed by atoms with Crippen LogP contribution in [0.25, 0.3) is 0 Å². The van der Waals surface area contributed by atoms with Gasteiger partial charge in [0.1, 0.15) is 0 Å². The maximum atomic E-state index is 12.0. The topological polar surface area (TPSA) is 86.7 Å². The van der Waals surface area contributed by atoms with Crippen molar-refractivity contribution in [2.45, 2.75) is 45.4 Å². The van der Waals surface area contributed by atoms with Crippen molar-refractivity contribution in [2.24, 2.45) is 5.92 Å². The number of carboxylic acid groups (broad SMARTS) is 1. The third kappa shape index (κ3) is 6.04. The fraction of sp³-hybridized carbons (Fsp3) is 0.786. The van der Waals surface area contributed by atoms with Gasteiger partial charge in [-0.2, -0.15) is 0 Å². The number of piperidine rings is 1. The maximum Gasteiger partial charge on any atom is 0.303 e. The van der Waals surface area contributed by atoms with Crippen LogP contribution in [0.4, 0.5) is 0 Å². The number of carbonyl (C=O) groups is 3. The van der Waals surface area contributed by atoms with E-state index in [-0.39, 0.29) is 30.7 Å². The summed E-state index contributed by atoms with van der Waals surface area (Å²) in [4.78, 5) is 35.6.